The van der Waals surface area contributed by atoms with Crippen LogP contribution in [0.1, 0.15) is 32.0 Å². The number of halogens is 1. The van der Waals surface area contributed by atoms with Gasteiger partial charge in [0, 0.05) is 29.9 Å². The van der Waals surface area contributed by atoms with E-state index >= 15 is 0 Å². The molecule has 0 aliphatic rings. The van der Waals surface area contributed by atoms with E-state index in [9.17, 15) is 9.59 Å². The molecule has 0 aliphatic heterocycles. The van der Waals surface area contributed by atoms with E-state index in [-0.39, 0.29) is 17.5 Å². The molecule has 0 radical (unpaired) electrons. The number of aromatic nitrogens is 1. The van der Waals surface area contributed by atoms with Crippen LogP contribution in [0.2, 0.25) is 5.02 Å². The molecule has 2 N–H and O–H groups in total. The minimum Gasteiger partial charge on any atom is -0.352 e. The molecule has 3 rings (SSSR count). The van der Waals surface area contributed by atoms with Crippen LogP contribution in [-0.4, -0.2) is 23.3 Å². The van der Waals surface area contributed by atoms with Crippen LogP contribution < -0.4 is 10.6 Å². The van der Waals surface area contributed by atoms with Gasteiger partial charge in [-0.25, -0.2) is 0 Å². The van der Waals surface area contributed by atoms with Crippen LogP contribution in [0, 0.1) is 0 Å². The molecule has 5 nitrogen and oxygen atoms in total. The highest BCUT2D eigenvalue weighted by molar-refractivity contribution is 6.30. The fourth-order valence-electron chi connectivity index (χ4n) is 2.68. The van der Waals surface area contributed by atoms with Crippen molar-refractivity contribution in [1.29, 1.82) is 0 Å². The molecule has 2 aromatic carbocycles. The molecule has 0 unspecified atom stereocenters. The van der Waals surface area contributed by atoms with Crippen molar-refractivity contribution < 1.29 is 9.59 Å². The van der Waals surface area contributed by atoms with Gasteiger partial charge in [0.2, 0.25) is 0 Å². The van der Waals surface area contributed by atoms with Gasteiger partial charge in [-0.05, 0) is 41.8 Å². The van der Waals surface area contributed by atoms with Gasteiger partial charge < -0.3 is 10.6 Å². The van der Waals surface area contributed by atoms with Crippen molar-refractivity contribution in [2.75, 3.05) is 6.54 Å². The minimum absolute atomic E-state index is 0.207. The zero-order valence-electron chi connectivity index (χ0n) is 15.2. The summed E-state index contributed by atoms with van der Waals surface area (Å²) in [5.41, 5.74) is 2.64. The lowest BCUT2D eigenvalue weighted by atomic mass is 10.1. The van der Waals surface area contributed by atoms with Crippen molar-refractivity contribution in [3.05, 3.63) is 100 Å². The third kappa shape index (κ3) is 5.66. The van der Waals surface area contributed by atoms with Crippen LogP contribution in [0.3, 0.4) is 0 Å². The number of nitrogens with one attached hydrogen (secondary N) is 2. The van der Waals surface area contributed by atoms with Gasteiger partial charge in [0.15, 0.2) is 0 Å². The van der Waals surface area contributed by atoms with Crippen molar-refractivity contribution in [3.8, 4) is 0 Å². The summed E-state index contributed by atoms with van der Waals surface area (Å²) in [6.07, 6.45) is 2.13. The summed E-state index contributed by atoms with van der Waals surface area (Å²) in [4.78, 5) is 28.7. The molecule has 1 heterocycles. The maximum atomic E-state index is 12.4. The maximum Gasteiger partial charge on any atom is 0.270 e. The van der Waals surface area contributed by atoms with Crippen molar-refractivity contribution in [1.82, 2.24) is 15.6 Å². The maximum absolute atomic E-state index is 12.4. The quantitative estimate of drug-likeness (QED) is 0.643. The Bertz CT molecular complexity index is 961. The number of amides is 2. The molecule has 142 valence electrons. The second kappa shape index (κ2) is 9.67. The van der Waals surface area contributed by atoms with Crippen LogP contribution in [0.5, 0.6) is 0 Å². The Kier molecular flexibility index (Phi) is 6.76. The lowest BCUT2D eigenvalue weighted by Gasteiger charge is -2.08. The summed E-state index contributed by atoms with van der Waals surface area (Å²) in [6.45, 7) is 0.869. The van der Waals surface area contributed by atoms with E-state index < -0.39 is 0 Å². The molecular formula is C22H20ClN3O2. The number of rotatable bonds is 7. The standard InChI is InChI=1S/C22H20ClN3O2/c23-19-8-4-7-16(13-19)9-11-25-21(27)18-10-12-24-20(14-18)22(28)26-15-17-5-2-1-3-6-17/h1-8,10,12-14H,9,11,15H2,(H,25,27)(H,26,28). The second-order valence-electron chi connectivity index (χ2n) is 6.23. The SMILES string of the molecule is O=C(NCCc1cccc(Cl)c1)c1ccnc(C(=O)NCc2ccccc2)c1. The number of nitrogens with zero attached hydrogens (tertiary/aromatic N) is 1. The molecule has 0 spiro atoms. The molecule has 0 fully saturated rings. The van der Waals surface area contributed by atoms with Crippen molar-refractivity contribution in [2.45, 2.75) is 13.0 Å². The summed E-state index contributed by atoms with van der Waals surface area (Å²) >= 11 is 5.96. The molecule has 0 saturated heterocycles. The number of carbonyl (C=O) groups excluding carboxylic acids is 2. The predicted octanol–water partition coefficient (Wildman–Crippen LogP) is 3.64. The predicted molar refractivity (Wildman–Crippen MR) is 109 cm³/mol. The van der Waals surface area contributed by atoms with Gasteiger partial charge in [-0.1, -0.05) is 54.1 Å². The Morgan fingerprint density at radius 2 is 1.64 bits per heavy atom. The minimum atomic E-state index is -0.322. The van der Waals surface area contributed by atoms with Crippen LogP contribution in [0.4, 0.5) is 0 Å². The Labute approximate surface area is 168 Å². The van der Waals surface area contributed by atoms with Crippen molar-refractivity contribution in [3.63, 3.8) is 0 Å². The third-order valence-electron chi connectivity index (χ3n) is 4.14. The average molecular weight is 394 g/mol. The zero-order chi connectivity index (χ0) is 19.8. The first-order valence-electron chi connectivity index (χ1n) is 8.92. The Morgan fingerprint density at radius 3 is 2.43 bits per heavy atom. The Hall–Kier alpha value is -3.18. The van der Waals surface area contributed by atoms with E-state index in [1.54, 1.807) is 6.07 Å². The largest absolute Gasteiger partial charge is 0.352 e. The number of hydrogen-bond donors (Lipinski definition) is 2. The first-order chi connectivity index (χ1) is 13.6. The summed E-state index contributed by atoms with van der Waals surface area (Å²) in [6, 6.07) is 20.2. The number of pyridine rings is 1. The average Bonchev–Trinajstić information content (AvgIpc) is 2.73. The summed E-state index contributed by atoms with van der Waals surface area (Å²) < 4.78 is 0. The monoisotopic (exact) mass is 393 g/mol. The smallest absolute Gasteiger partial charge is 0.270 e. The van der Waals surface area contributed by atoms with Gasteiger partial charge in [-0.2, -0.15) is 0 Å². The van der Waals surface area contributed by atoms with Crippen molar-refractivity contribution in [2.24, 2.45) is 0 Å². The lowest BCUT2D eigenvalue weighted by molar-refractivity contribution is 0.0946. The highest BCUT2D eigenvalue weighted by Crippen LogP contribution is 2.11. The second-order valence-corrected chi connectivity index (χ2v) is 6.67. The molecular weight excluding hydrogens is 374 g/mol. The van der Waals surface area contributed by atoms with Gasteiger partial charge in [0.1, 0.15) is 5.69 Å². The highest BCUT2D eigenvalue weighted by atomic mass is 35.5. The Morgan fingerprint density at radius 1 is 0.857 bits per heavy atom. The summed E-state index contributed by atoms with van der Waals surface area (Å²) in [5.74, 6) is -0.570. The topological polar surface area (TPSA) is 71.1 Å². The molecule has 28 heavy (non-hydrogen) atoms. The van der Waals surface area contributed by atoms with E-state index in [2.05, 4.69) is 15.6 Å². The molecule has 0 saturated carbocycles. The van der Waals surface area contributed by atoms with Gasteiger partial charge >= 0.3 is 0 Å². The van der Waals surface area contributed by atoms with Crippen molar-refractivity contribution >= 4 is 23.4 Å². The highest BCUT2D eigenvalue weighted by Gasteiger charge is 2.11. The number of carbonyl (C=O) groups is 2. The van der Waals surface area contributed by atoms with Crippen LogP contribution >= 0.6 is 11.6 Å². The normalized spacial score (nSPS) is 10.3. The van der Waals surface area contributed by atoms with Gasteiger partial charge in [0.05, 0.1) is 0 Å². The first-order valence-corrected chi connectivity index (χ1v) is 9.30. The van der Waals surface area contributed by atoms with E-state index in [4.69, 9.17) is 11.6 Å². The Balaban J connectivity index is 1.54. The van der Waals surface area contributed by atoms with E-state index in [0.717, 1.165) is 11.1 Å². The van der Waals surface area contributed by atoms with E-state index in [1.165, 1.54) is 12.3 Å². The summed E-state index contributed by atoms with van der Waals surface area (Å²) in [5, 5.41) is 6.33. The first kappa shape index (κ1) is 19.6. The van der Waals surface area contributed by atoms with Gasteiger partial charge in [-0.3, -0.25) is 14.6 Å². The molecule has 0 bridgehead atoms. The molecule has 2 amide bonds. The zero-order valence-corrected chi connectivity index (χ0v) is 15.9. The number of benzene rings is 2. The lowest BCUT2D eigenvalue weighted by Crippen LogP contribution is -2.27. The molecule has 0 aliphatic carbocycles. The van der Waals surface area contributed by atoms with E-state index in [0.29, 0.717) is 30.1 Å². The van der Waals surface area contributed by atoms with Crippen LogP contribution in [-0.2, 0) is 13.0 Å². The summed E-state index contributed by atoms with van der Waals surface area (Å²) in [7, 11) is 0. The molecule has 0 atom stereocenters. The molecule has 1 aromatic heterocycles. The fraction of sp³-hybridized carbons (Fsp3) is 0.136. The van der Waals surface area contributed by atoms with Crippen LogP contribution in [0.25, 0.3) is 0 Å². The molecule has 3 aromatic rings. The van der Waals surface area contributed by atoms with Crippen LogP contribution in [0.15, 0.2) is 72.9 Å². The van der Waals surface area contributed by atoms with E-state index in [1.807, 2.05) is 54.6 Å². The number of hydrogen-bond acceptors (Lipinski definition) is 3. The fourth-order valence-corrected chi connectivity index (χ4v) is 2.89. The molecule has 6 heteroatoms. The van der Waals surface area contributed by atoms with Gasteiger partial charge in [-0.15, -0.1) is 0 Å². The third-order valence-corrected chi connectivity index (χ3v) is 4.37. The van der Waals surface area contributed by atoms with Gasteiger partial charge in [0.25, 0.3) is 11.8 Å².